The molecule has 0 spiro atoms. The molecule has 0 bridgehead atoms. The van der Waals surface area contributed by atoms with Crippen LogP contribution in [0.4, 0.5) is 0 Å². The smallest absolute Gasteiger partial charge is 0.233 e. The Balaban J connectivity index is 0.00000144. The van der Waals surface area contributed by atoms with Crippen molar-refractivity contribution < 1.29 is 4.79 Å². The average Bonchev–Trinajstić information content (AvgIpc) is 2.63. The number of nitrogens with zero attached hydrogens (tertiary/aromatic N) is 1. The van der Waals surface area contributed by atoms with E-state index in [-0.39, 0.29) is 17.9 Å². The molecule has 2 saturated heterocycles. The van der Waals surface area contributed by atoms with Crippen LogP contribution >= 0.6 is 24.2 Å². The Hall–Kier alpha value is 0.0700. The molecular weight excluding hydrogens is 256 g/mol. The van der Waals surface area contributed by atoms with Crippen LogP contribution in [0.2, 0.25) is 0 Å². The summed E-state index contributed by atoms with van der Waals surface area (Å²) in [6.07, 6.45) is 5.00. The summed E-state index contributed by atoms with van der Waals surface area (Å²) >= 11 is 1.81. The number of hydrogen-bond donors (Lipinski definition) is 1. The highest BCUT2D eigenvalue weighted by atomic mass is 35.5. The van der Waals surface area contributed by atoms with Crippen LogP contribution in [0.1, 0.15) is 39.5 Å². The first-order valence-corrected chi connectivity index (χ1v) is 7.38. The molecule has 100 valence electrons. The number of unbranched alkanes of at least 4 members (excludes halogenated alkanes) is 2. The summed E-state index contributed by atoms with van der Waals surface area (Å²) < 4.78 is 0. The summed E-state index contributed by atoms with van der Waals surface area (Å²) in [4.78, 5) is 13.8. The van der Waals surface area contributed by atoms with E-state index in [0.717, 1.165) is 13.1 Å². The molecule has 2 unspecified atom stereocenters. The third-order valence-corrected chi connectivity index (χ3v) is 5.20. The second-order valence-corrected chi connectivity index (χ2v) is 6.12. The lowest BCUT2D eigenvalue weighted by Gasteiger charge is -2.45. The number of piperazine rings is 1. The SMILES string of the molecule is CCCCCC1(C)NCCN2C(=O)CSC21.Cl. The third-order valence-electron chi connectivity index (χ3n) is 3.69. The molecular formula is C12H23ClN2OS. The summed E-state index contributed by atoms with van der Waals surface area (Å²) in [6.45, 7) is 6.35. The minimum atomic E-state index is 0. The minimum Gasteiger partial charge on any atom is -0.327 e. The molecule has 0 aromatic heterocycles. The predicted octanol–water partition coefficient (Wildman–Crippen LogP) is 2.25. The highest BCUT2D eigenvalue weighted by molar-refractivity contribution is 8.01. The van der Waals surface area contributed by atoms with Gasteiger partial charge < -0.3 is 10.2 Å². The van der Waals surface area contributed by atoms with E-state index >= 15 is 0 Å². The summed E-state index contributed by atoms with van der Waals surface area (Å²) in [7, 11) is 0. The van der Waals surface area contributed by atoms with Gasteiger partial charge in [-0.2, -0.15) is 0 Å². The molecule has 0 aromatic rings. The van der Waals surface area contributed by atoms with Gasteiger partial charge in [-0.25, -0.2) is 0 Å². The first-order chi connectivity index (χ1) is 7.67. The zero-order valence-electron chi connectivity index (χ0n) is 10.7. The first kappa shape index (κ1) is 15.1. The fourth-order valence-corrected chi connectivity index (χ4v) is 4.17. The molecule has 2 aliphatic rings. The van der Waals surface area contributed by atoms with Gasteiger partial charge in [0.1, 0.15) is 0 Å². The topological polar surface area (TPSA) is 32.3 Å². The van der Waals surface area contributed by atoms with Crippen LogP contribution in [0.5, 0.6) is 0 Å². The van der Waals surface area contributed by atoms with Gasteiger partial charge in [0.2, 0.25) is 5.91 Å². The second kappa shape index (κ2) is 6.30. The van der Waals surface area contributed by atoms with E-state index in [1.165, 1.54) is 25.7 Å². The van der Waals surface area contributed by atoms with Gasteiger partial charge in [-0.05, 0) is 13.3 Å². The lowest BCUT2D eigenvalue weighted by atomic mass is 9.91. The molecule has 2 rings (SSSR count). The number of amides is 1. The maximum atomic E-state index is 11.7. The molecule has 2 aliphatic heterocycles. The van der Waals surface area contributed by atoms with E-state index in [2.05, 4.69) is 24.1 Å². The molecule has 2 heterocycles. The van der Waals surface area contributed by atoms with Gasteiger partial charge >= 0.3 is 0 Å². The van der Waals surface area contributed by atoms with Crippen LogP contribution in [0.3, 0.4) is 0 Å². The maximum absolute atomic E-state index is 11.7. The van der Waals surface area contributed by atoms with E-state index in [4.69, 9.17) is 0 Å². The number of carbonyl (C=O) groups excluding carboxylic acids is 1. The van der Waals surface area contributed by atoms with Gasteiger partial charge in [-0.3, -0.25) is 4.79 Å². The molecule has 5 heteroatoms. The van der Waals surface area contributed by atoms with Crippen molar-refractivity contribution >= 4 is 30.1 Å². The monoisotopic (exact) mass is 278 g/mol. The molecule has 1 amide bonds. The molecule has 0 radical (unpaired) electrons. The highest BCUT2D eigenvalue weighted by Crippen LogP contribution is 2.37. The van der Waals surface area contributed by atoms with Gasteiger partial charge in [0.15, 0.2) is 0 Å². The van der Waals surface area contributed by atoms with Crippen LogP contribution in [0.15, 0.2) is 0 Å². The molecule has 0 saturated carbocycles. The zero-order chi connectivity index (χ0) is 11.6. The molecule has 0 aromatic carbocycles. The molecule has 2 atom stereocenters. The number of halogens is 1. The van der Waals surface area contributed by atoms with Gasteiger partial charge in [0, 0.05) is 18.6 Å². The van der Waals surface area contributed by atoms with Crippen LogP contribution < -0.4 is 5.32 Å². The van der Waals surface area contributed by atoms with Crippen molar-refractivity contribution in [2.75, 3.05) is 18.8 Å². The number of carbonyl (C=O) groups is 1. The number of fused-ring (bicyclic) bond motifs is 1. The normalized spacial score (nSPS) is 32.2. The second-order valence-electron chi connectivity index (χ2n) is 5.05. The van der Waals surface area contributed by atoms with E-state index in [9.17, 15) is 4.79 Å². The van der Waals surface area contributed by atoms with Crippen molar-refractivity contribution in [2.45, 2.75) is 50.4 Å². The Labute approximate surface area is 114 Å². The number of thioether (sulfide) groups is 1. The summed E-state index contributed by atoms with van der Waals surface area (Å²) in [5.41, 5.74) is 0.129. The van der Waals surface area contributed by atoms with E-state index in [1.807, 2.05) is 11.8 Å². The van der Waals surface area contributed by atoms with Gasteiger partial charge in [0.05, 0.1) is 11.1 Å². The Morgan fingerprint density at radius 1 is 1.53 bits per heavy atom. The Kier molecular flexibility index (Phi) is 5.61. The molecule has 3 nitrogen and oxygen atoms in total. The summed E-state index contributed by atoms with van der Waals surface area (Å²) in [5, 5.41) is 4.00. The lowest BCUT2D eigenvalue weighted by Crippen LogP contribution is -2.63. The van der Waals surface area contributed by atoms with Crippen LogP contribution in [0, 0.1) is 0 Å². The summed E-state index contributed by atoms with van der Waals surface area (Å²) in [5.74, 6) is 1.01. The largest absolute Gasteiger partial charge is 0.327 e. The Morgan fingerprint density at radius 3 is 3.00 bits per heavy atom. The maximum Gasteiger partial charge on any atom is 0.233 e. The van der Waals surface area contributed by atoms with Crippen LogP contribution in [-0.4, -0.2) is 40.6 Å². The van der Waals surface area contributed by atoms with Gasteiger partial charge in [-0.1, -0.05) is 26.2 Å². The third kappa shape index (κ3) is 3.09. The number of rotatable bonds is 4. The Bertz CT molecular complexity index is 277. The number of hydrogen-bond acceptors (Lipinski definition) is 3. The highest BCUT2D eigenvalue weighted by Gasteiger charge is 2.46. The number of nitrogens with one attached hydrogen (secondary N) is 1. The molecule has 17 heavy (non-hydrogen) atoms. The standard InChI is InChI=1S/C12H22N2OS.ClH/c1-3-4-5-6-12(2)11-14(8-7-13-12)10(15)9-16-11;/h11,13H,3-9H2,1-2H3;1H. The van der Waals surface area contributed by atoms with Crippen molar-refractivity contribution in [1.29, 1.82) is 0 Å². The van der Waals surface area contributed by atoms with Crippen molar-refractivity contribution in [3.05, 3.63) is 0 Å². The lowest BCUT2D eigenvalue weighted by molar-refractivity contribution is -0.130. The van der Waals surface area contributed by atoms with E-state index in [1.54, 1.807) is 0 Å². The van der Waals surface area contributed by atoms with Crippen LogP contribution in [-0.2, 0) is 4.79 Å². The van der Waals surface area contributed by atoms with E-state index < -0.39 is 0 Å². The zero-order valence-corrected chi connectivity index (χ0v) is 12.3. The van der Waals surface area contributed by atoms with Crippen molar-refractivity contribution in [1.82, 2.24) is 10.2 Å². The summed E-state index contributed by atoms with van der Waals surface area (Å²) in [6, 6.07) is 0. The van der Waals surface area contributed by atoms with Crippen molar-refractivity contribution in [3.63, 3.8) is 0 Å². The van der Waals surface area contributed by atoms with Crippen molar-refractivity contribution in [2.24, 2.45) is 0 Å². The van der Waals surface area contributed by atoms with Gasteiger partial charge in [-0.15, -0.1) is 24.2 Å². The predicted molar refractivity (Wildman–Crippen MR) is 75.8 cm³/mol. The first-order valence-electron chi connectivity index (χ1n) is 6.33. The quantitative estimate of drug-likeness (QED) is 0.801. The van der Waals surface area contributed by atoms with Crippen molar-refractivity contribution in [3.8, 4) is 0 Å². The van der Waals surface area contributed by atoms with E-state index in [0.29, 0.717) is 17.0 Å². The molecule has 1 N–H and O–H groups in total. The van der Waals surface area contributed by atoms with Gasteiger partial charge in [0.25, 0.3) is 0 Å². The molecule has 2 fully saturated rings. The average molecular weight is 279 g/mol. The fraction of sp³-hybridized carbons (Fsp3) is 0.917. The fourth-order valence-electron chi connectivity index (χ4n) is 2.73. The minimum absolute atomic E-state index is 0. The molecule has 0 aliphatic carbocycles. The Morgan fingerprint density at radius 2 is 2.29 bits per heavy atom. The van der Waals surface area contributed by atoms with Crippen LogP contribution in [0.25, 0.3) is 0 Å².